The van der Waals surface area contributed by atoms with E-state index in [1.165, 1.54) is 12.3 Å². The molecule has 98 valence electrons. The predicted octanol–water partition coefficient (Wildman–Crippen LogP) is 1.35. The largest absolute Gasteiger partial charge is 0.329 e. The van der Waals surface area contributed by atoms with Crippen LogP contribution >= 0.6 is 0 Å². The lowest BCUT2D eigenvalue weighted by atomic mass is 10.1. The first kappa shape index (κ1) is 13.0. The van der Waals surface area contributed by atoms with Crippen LogP contribution < -0.4 is 16.2 Å². The molecule has 0 spiro atoms. The first-order valence-electron chi connectivity index (χ1n) is 5.93. The van der Waals surface area contributed by atoms with Gasteiger partial charge in [-0.3, -0.25) is 9.59 Å². The minimum atomic E-state index is -0.297. The lowest BCUT2D eigenvalue weighted by Crippen LogP contribution is -2.17. The third kappa shape index (κ3) is 3.29. The molecule has 1 aromatic carbocycles. The third-order valence-corrected chi connectivity index (χ3v) is 2.67. The highest BCUT2D eigenvalue weighted by atomic mass is 16.2. The maximum Gasteiger partial charge on any atom is 0.255 e. The van der Waals surface area contributed by atoms with E-state index in [1.807, 2.05) is 31.3 Å². The van der Waals surface area contributed by atoms with Gasteiger partial charge in [-0.25, -0.2) is 0 Å². The normalized spacial score (nSPS) is 10.2. The summed E-state index contributed by atoms with van der Waals surface area (Å²) in [7, 11) is 1.84. The number of aromatic amines is 1. The van der Waals surface area contributed by atoms with Crippen molar-refractivity contribution in [2.45, 2.75) is 6.54 Å². The van der Waals surface area contributed by atoms with Gasteiger partial charge in [-0.2, -0.15) is 0 Å². The fourth-order valence-electron chi connectivity index (χ4n) is 1.77. The Balaban J connectivity index is 2.21. The van der Waals surface area contributed by atoms with Crippen molar-refractivity contribution in [3.63, 3.8) is 0 Å². The average molecular weight is 257 g/mol. The second-order valence-electron chi connectivity index (χ2n) is 4.08. The van der Waals surface area contributed by atoms with E-state index in [1.54, 1.807) is 6.07 Å². The molecule has 0 atom stereocenters. The molecule has 0 unspecified atom stereocenters. The van der Waals surface area contributed by atoms with E-state index < -0.39 is 0 Å². The first-order valence-corrected chi connectivity index (χ1v) is 5.93. The second-order valence-corrected chi connectivity index (χ2v) is 4.08. The molecule has 0 aliphatic carbocycles. The molecule has 0 bridgehead atoms. The van der Waals surface area contributed by atoms with E-state index in [0.717, 1.165) is 11.3 Å². The van der Waals surface area contributed by atoms with Crippen molar-refractivity contribution in [3.05, 3.63) is 64.1 Å². The van der Waals surface area contributed by atoms with Crippen molar-refractivity contribution >= 4 is 11.6 Å². The van der Waals surface area contributed by atoms with E-state index in [0.29, 0.717) is 12.1 Å². The standard InChI is InChI=1S/C14H15N3O2/c1-15-9-11-4-2-3-5-12(11)17-14(19)10-6-7-16-13(18)8-10/h2-8,15H,9H2,1H3,(H,16,18)(H,17,19). The Bertz CT molecular complexity index is 634. The number of para-hydroxylation sites is 1. The Hall–Kier alpha value is -2.40. The molecule has 3 N–H and O–H groups in total. The Labute approximate surface area is 110 Å². The summed E-state index contributed by atoms with van der Waals surface area (Å²) in [6, 6.07) is 10.4. The molecule has 2 aromatic rings. The molecule has 0 fully saturated rings. The topological polar surface area (TPSA) is 74.0 Å². The first-order chi connectivity index (χ1) is 9.20. The summed E-state index contributed by atoms with van der Waals surface area (Å²) >= 11 is 0. The van der Waals surface area contributed by atoms with Crippen LogP contribution in [0.25, 0.3) is 0 Å². The lowest BCUT2D eigenvalue weighted by molar-refractivity contribution is 0.102. The van der Waals surface area contributed by atoms with E-state index in [-0.39, 0.29) is 11.5 Å². The maximum absolute atomic E-state index is 12.0. The number of hydrogen-bond donors (Lipinski definition) is 3. The minimum Gasteiger partial charge on any atom is -0.329 e. The van der Waals surface area contributed by atoms with Gasteiger partial charge in [0, 0.05) is 30.1 Å². The van der Waals surface area contributed by atoms with Gasteiger partial charge in [0.2, 0.25) is 5.56 Å². The summed E-state index contributed by atoms with van der Waals surface area (Å²) in [6.07, 6.45) is 1.46. The van der Waals surface area contributed by atoms with E-state index in [2.05, 4.69) is 15.6 Å². The number of H-pyrrole nitrogens is 1. The van der Waals surface area contributed by atoms with Crippen LogP contribution in [0.2, 0.25) is 0 Å². The zero-order valence-corrected chi connectivity index (χ0v) is 10.6. The van der Waals surface area contributed by atoms with Crippen LogP contribution in [-0.2, 0) is 6.54 Å². The molecule has 0 aliphatic heterocycles. The van der Waals surface area contributed by atoms with E-state index in [4.69, 9.17) is 0 Å². The molecule has 1 aromatic heterocycles. The molecule has 1 amide bonds. The molecule has 19 heavy (non-hydrogen) atoms. The summed E-state index contributed by atoms with van der Waals surface area (Å²) in [5.74, 6) is -0.297. The quantitative estimate of drug-likeness (QED) is 0.774. The van der Waals surface area contributed by atoms with Crippen molar-refractivity contribution in [1.82, 2.24) is 10.3 Å². The average Bonchev–Trinajstić information content (AvgIpc) is 2.41. The minimum absolute atomic E-state index is 0.295. The van der Waals surface area contributed by atoms with Gasteiger partial charge >= 0.3 is 0 Å². The molecular formula is C14H15N3O2. The fraction of sp³-hybridized carbons (Fsp3) is 0.143. The predicted molar refractivity (Wildman–Crippen MR) is 74.2 cm³/mol. The number of hydrogen-bond acceptors (Lipinski definition) is 3. The Morgan fingerprint density at radius 1 is 1.26 bits per heavy atom. The lowest BCUT2D eigenvalue weighted by Gasteiger charge is -2.10. The van der Waals surface area contributed by atoms with E-state index in [9.17, 15) is 9.59 Å². The van der Waals surface area contributed by atoms with Gasteiger partial charge in [0.1, 0.15) is 0 Å². The van der Waals surface area contributed by atoms with Gasteiger partial charge in [0.05, 0.1) is 0 Å². The van der Waals surface area contributed by atoms with Gasteiger partial charge in [0.15, 0.2) is 0 Å². The number of anilines is 1. The van der Waals surface area contributed by atoms with E-state index >= 15 is 0 Å². The number of aromatic nitrogens is 1. The number of amides is 1. The van der Waals surface area contributed by atoms with Gasteiger partial charge < -0.3 is 15.6 Å². The smallest absolute Gasteiger partial charge is 0.255 e. The zero-order chi connectivity index (χ0) is 13.7. The molecule has 0 aliphatic rings. The molecule has 0 saturated heterocycles. The fourth-order valence-corrected chi connectivity index (χ4v) is 1.77. The number of rotatable bonds is 4. The Morgan fingerprint density at radius 3 is 2.79 bits per heavy atom. The summed E-state index contributed by atoms with van der Waals surface area (Å²) in [5.41, 5.74) is 1.77. The summed E-state index contributed by atoms with van der Waals surface area (Å²) < 4.78 is 0. The zero-order valence-electron chi connectivity index (χ0n) is 10.6. The molecule has 1 heterocycles. The molecule has 2 rings (SSSR count). The van der Waals surface area contributed by atoms with Crippen molar-refractivity contribution in [3.8, 4) is 0 Å². The van der Waals surface area contributed by atoms with Gasteiger partial charge in [-0.1, -0.05) is 18.2 Å². The number of carbonyl (C=O) groups excluding carboxylic acids is 1. The van der Waals surface area contributed by atoms with Gasteiger partial charge in [-0.15, -0.1) is 0 Å². The van der Waals surface area contributed by atoms with Gasteiger partial charge in [0.25, 0.3) is 5.91 Å². The van der Waals surface area contributed by atoms with Crippen molar-refractivity contribution in [2.75, 3.05) is 12.4 Å². The van der Waals surface area contributed by atoms with Crippen LogP contribution in [0.1, 0.15) is 15.9 Å². The maximum atomic E-state index is 12.0. The summed E-state index contributed by atoms with van der Waals surface area (Å²) in [6.45, 7) is 0.659. The summed E-state index contributed by atoms with van der Waals surface area (Å²) in [4.78, 5) is 25.7. The van der Waals surface area contributed by atoms with Crippen molar-refractivity contribution in [2.24, 2.45) is 0 Å². The van der Waals surface area contributed by atoms with Crippen molar-refractivity contribution < 1.29 is 4.79 Å². The Kier molecular flexibility index (Phi) is 4.10. The van der Waals surface area contributed by atoms with Crippen molar-refractivity contribution in [1.29, 1.82) is 0 Å². The van der Waals surface area contributed by atoms with Crippen LogP contribution in [0, 0.1) is 0 Å². The molecular weight excluding hydrogens is 242 g/mol. The Morgan fingerprint density at radius 2 is 2.05 bits per heavy atom. The highest BCUT2D eigenvalue weighted by Crippen LogP contribution is 2.15. The van der Waals surface area contributed by atoms with Gasteiger partial charge in [-0.05, 0) is 24.7 Å². The highest BCUT2D eigenvalue weighted by molar-refractivity contribution is 6.04. The molecule has 5 heteroatoms. The monoisotopic (exact) mass is 257 g/mol. The van der Waals surface area contributed by atoms with Crippen LogP contribution in [0.3, 0.4) is 0 Å². The number of pyridine rings is 1. The summed E-state index contributed by atoms with van der Waals surface area (Å²) in [5, 5.41) is 5.85. The second kappa shape index (κ2) is 5.97. The SMILES string of the molecule is CNCc1ccccc1NC(=O)c1cc[nH]c(=O)c1. The molecule has 0 radical (unpaired) electrons. The van der Waals surface area contributed by atoms with Crippen LogP contribution in [0.15, 0.2) is 47.4 Å². The number of nitrogens with one attached hydrogen (secondary N) is 3. The van der Waals surface area contributed by atoms with Crippen LogP contribution in [0.5, 0.6) is 0 Å². The van der Waals surface area contributed by atoms with Crippen LogP contribution in [-0.4, -0.2) is 17.9 Å². The molecule has 5 nitrogen and oxygen atoms in total. The number of carbonyl (C=O) groups is 1. The molecule has 0 saturated carbocycles. The highest BCUT2D eigenvalue weighted by Gasteiger charge is 2.08. The van der Waals surface area contributed by atoms with Crippen LogP contribution in [0.4, 0.5) is 5.69 Å². The number of benzene rings is 1. The third-order valence-electron chi connectivity index (χ3n) is 2.67.